The van der Waals surface area contributed by atoms with E-state index < -0.39 is 8.32 Å². The van der Waals surface area contributed by atoms with Crippen LogP contribution < -0.4 is 0 Å². The third-order valence-corrected chi connectivity index (χ3v) is 5.75. The van der Waals surface area contributed by atoms with Crippen LogP contribution >= 0.6 is 0 Å². The summed E-state index contributed by atoms with van der Waals surface area (Å²) in [5.74, 6) is 0. The first kappa shape index (κ1) is 10.6. The average molecular weight is 173 g/mol. The third-order valence-electron chi connectivity index (χ3n) is 2.14. The van der Waals surface area contributed by atoms with Gasteiger partial charge in [-0.25, -0.2) is 9.79 Å². The number of aliphatic imine (C=N–C) groups is 1. The Balaban J connectivity index is 4.00. The summed E-state index contributed by atoms with van der Waals surface area (Å²) >= 11 is 0. The van der Waals surface area contributed by atoms with Gasteiger partial charge in [0.1, 0.15) is 0 Å². The van der Waals surface area contributed by atoms with E-state index in [2.05, 4.69) is 25.0 Å². The second-order valence-electron chi connectivity index (χ2n) is 3.14. The number of carbonyl (C=O) groups excluding carboxylic acids is 1. The van der Waals surface area contributed by atoms with Crippen LogP contribution in [0.2, 0.25) is 18.6 Å². The lowest BCUT2D eigenvalue weighted by Gasteiger charge is -2.25. The summed E-state index contributed by atoms with van der Waals surface area (Å²) in [6, 6.07) is 0. The second kappa shape index (κ2) is 4.44. The predicted octanol–water partition coefficient (Wildman–Crippen LogP) is 1.56. The van der Waals surface area contributed by atoms with Gasteiger partial charge in [0, 0.05) is 7.11 Å². The van der Waals surface area contributed by atoms with Gasteiger partial charge in [-0.05, 0) is 18.6 Å². The SMILES string of the molecule is CO[Si](C)(C)C(C)CN=C=O. The second-order valence-corrected chi connectivity index (χ2v) is 7.74. The highest BCUT2D eigenvalue weighted by Crippen LogP contribution is 2.21. The van der Waals surface area contributed by atoms with Gasteiger partial charge in [-0.1, -0.05) is 6.92 Å². The standard InChI is InChI=1S/C7H15NO2Si/c1-7(5-8-6-9)11(3,4)10-2/h7H,5H2,1-4H3. The van der Waals surface area contributed by atoms with Crippen molar-refractivity contribution in [1.29, 1.82) is 0 Å². The Hall–Kier alpha value is -0.443. The fourth-order valence-corrected chi connectivity index (χ4v) is 1.53. The third kappa shape index (κ3) is 3.46. The van der Waals surface area contributed by atoms with Gasteiger partial charge in [-0.2, -0.15) is 0 Å². The van der Waals surface area contributed by atoms with Crippen LogP contribution in [-0.4, -0.2) is 28.1 Å². The van der Waals surface area contributed by atoms with Crippen molar-refractivity contribution in [3.63, 3.8) is 0 Å². The fraction of sp³-hybridized carbons (Fsp3) is 0.857. The molecule has 0 aromatic carbocycles. The highest BCUT2D eigenvalue weighted by molar-refractivity contribution is 6.72. The molecule has 0 rings (SSSR count). The van der Waals surface area contributed by atoms with Crippen LogP contribution in [0.1, 0.15) is 6.92 Å². The van der Waals surface area contributed by atoms with Crippen molar-refractivity contribution in [3.8, 4) is 0 Å². The van der Waals surface area contributed by atoms with Crippen LogP contribution in [0.4, 0.5) is 0 Å². The van der Waals surface area contributed by atoms with Gasteiger partial charge < -0.3 is 4.43 Å². The molecule has 0 aliphatic heterocycles. The van der Waals surface area contributed by atoms with E-state index in [1.165, 1.54) is 6.08 Å². The largest absolute Gasteiger partial charge is 0.420 e. The van der Waals surface area contributed by atoms with E-state index in [4.69, 9.17) is 4.43 Å². The Kier molecular flexibility index (Phi) is 4.26. The minimum absolute atomic E-state index is 0.369. The van der Waals surface area contributed by atoms with Gasteiger partial charge in [0.25, 0.3) is 0 Å². The van der Waals surface area contributed by atoms with Crippen LogP contribution in [0.15, 0.2) is 4.99 Å². The summed E-state index contributed by atoms with van der Waals surface area (Å²) in [4.78, 5) is 13.3. The highest BCUT2D eigenvalue weighted by Gasteiger charge is 2.28. The summed E-state index contributed by atoms with van der Waals surface area (Å²) in [6.07, 6.45) is 1.54. The maximum absolute atomic E-state index is 9.81. The minimum Gasteiger partial charge on any atom is -0.420 e. The van der Waals surface area contributed by atoms with Gasteiger partial charge in [0.05, 0.1) is 6.54 Å². The predicted molar refractivity (Wildman–Crippen MR) is 46.9 cm³/mol. The first-order chi connectivity index (χ1) is 5.04. The lowest BCUT2D eigenvalue weighted by atomic mass is 10.5. The van der Waals surface area contributed by atoms with Crippen molar-refractivity contribution in [2.75, 3.05) is 13.7 Å². The molecule has 0 aromatic rings. The molecule has 11 heavy (non-hydrogen) atoms. The number of rotatable bonds is 4. The van der Waals surface area contributed by atoms with Gasteiger partial charge >= 0.3 is 0 Å². The van der Waals surface area contributed by atoms with E-state index in [1.54, 1.807) is 7.11 Å². The molecule has 0 amide bonds. The quantitative estimate of drug-likeness (QED) is 0.367. The summed E-state index contributed by atoms with van der Waals surface area (Å²) in [5, 5.41) is 0. The summed E-state index contributed by atoms with van der Waals surface area (Å²) < 4.78 is 5.35. The Morgan fingerprint density at radius 3 is 2.55 bits per heavy atom. The normalized spacial score (nSPS) is 13.8. The highest BCUT2D eigenvalue weighted by atomic mass is 28.4. The number of hydrogen-bond donors (Lipinski definition) is 0. The lowest BCUT2D eigenvalue weighted by Crippen LogP contribution is -2.35. The number of isocyanates is 1. The molecule has 0 aliphatic rings. The van der Waals surface area contributed by atoms with Crippen LogP contribution in [0.25, 0.3) is 0 Å². The van der Waals surface area contributed by atoms with Crippen LogP contribution in [0, 0.1) is 0 Å². The van der Waals surface area contributed by atoms with E-state index in [0.717, 1.165) is 0 Å². The van der Waals surface area contributed by atoms with Crippen molar-refractivity contribution >= 4 is 14.4 Å². The maximum atomic E-state index is 9.81. The monoisotopic (exact) mass is 173 g/mol. The molecule has 64 valence electrons. The molecule has 0 spiro atoms. The van der Waals surface area contributed by atoms with Crippen molar-refractivity contribution in [2.45, 2.75) is 25.6 Å². The topological polar surface area (TPSA) is 38.7 Å². The van der Waals surface area contributed by atoms with Gasteiger partial charge in [0.2, 0.25) is 6.08 Å². The Bertz CT molecular complexity index is 164. The number of nitrogens with zero attached hydrogens (tertiary/aromatic N) is 1. The lowest BCUT2D eigenvalue weighted by molar-refractivity contribution is 0.393. The molecule has 0 aromatic heterocycles. The molecule has 3 nitrogen and oxygen atoms in total. The van der Waals surface area contributed by atoms with E-state index in [1.807, 2.05) is 0 Å². The molecule has 0 saturated heterocycles. The maximum Gasteiger partial charge on any atom is 0.234 e. The van der Waals surface area contributed by atoms with E-state index in [9.17, 15) is 4.79 Å². The average Bonchev–Trinajstić information content (AvgIpc) is 2.00. The number of hydrogen-bond acceptors (Lipinski definition) is 3. The van der Waals surface area contributed by atoms with Crippen LogP contribution in [0.5, 0.6) is 0 Å². The van der Waals surface area contributed by atoms with Crippen LogP contribution in [0.3, 0.4) is 0 Å². The van der Waals surface area contributed by atoms with Crippen molar-refractivity contribution in [1.82, 2.24) is 0 Å². The molecule has 0 N–H and O–H groups in total. The van der Waals surface area contributed by atoms with E-state index in [-0.39, 0.29) is 0 Å². The molecule has 1 unspecified atom stereocenters. The molecule has 0 aliphatic carbocycles. The molecule has 0 radical (unpaired) electrons. The molecule has 0 heterocycles. The molecule has 1 atom stereocenters. The van der Waals surface area contributed by atoms with Gasteiger partial charge in [-0.3, -0.25) is 0 Å². The fourth-order valence-electron chi connectivity index (χ4n) is 0.595. The Morgan fingerprint density at radius 2 is 2.18 bits per heavy atom. The first-order valence-corrected chi connectivity index (χ1v) is 6.62. The van der Waals surface area contributed by atoms with E-state index in [0.29, 0.717) is 12.1 Å². The zero-order valence-corrected chi connectivity index (χ0v) is 8.55. The zero-order chi connectivity index (χ0) is 8.91. The molecule has 0 bridgehead atoms. The Labute approximate surface area is 68.6 Å². The van der Waals surface area contributed by atoms with Gasteiger partial charge in [0.15, 0.2) is 8.32 Å². The van der Waals surface area contributed by atoms with Crippen molar-refractivity contribution < 1.29 is 9.22 Å². The molecule has 0 fully saturated rings. The molecule has 0 saturated carbocycles. The summed E-state index contributed by atoms with van der Waals surface area (Å²) in [5.41, 5.74) is 0.369. The first-order valence-electron chi connectivity index (χ1n) is 3.63. The van der Waals surface area contributed by atoms with E-state index >= 15 is 0 Å². The van der Waals surface area contributed by atoms with Crippen molar-refractivity contribution in [3.05, 3.63) is 0 Å². The zero-order valence-electron chi connectivity index (χ0n) is 7.55. The summed E-state index contributed by atoms with van der Waals surface area (Å²) in [6.45, 7) is 6.81. The van der Waals surface area contributed by atoms with Gasteiger partial charge in [-0.15, -0.1) is 0 Å². The van der Waals surface area contributed by atoms with Crippen LogP contribution in [-0.2, 0) is 9.22 Å². The molecular formula is C7H15NO2Si. The smallest absolute Gasteiger partial charge is 0.234 e. The Morgan fingerprint density at radius 1 is 1.64 bits per heavy atom. The minimum atomic E-state index is -1.59. The molecule has 4 heteroatoms. The molecular weight excluding hydrogens is 158 g/mol. The van der Waals surface area contributed by atoms with Crippen molar-refractivity contribution in [2.24, 2.45) is 4.99 Å². The summed E-state index contributed by atoms with van der Waals surface area (Å²) in [7, 11) is 0.125.